The lowest BCUT2D eigenvalue weighted by atomic mass is 10.2. The molecule has 1 aromatic carbocycles. The topological polar surface area (TPSA) is 71.8 Å². The number of aryl methyl sites for hydroxylation is 1. The number of nitrogens with zero attached hydrogens (tertiary/aromatic N) is 3. The Labute approximate surface area is 123 Å². The van der Waals surface area contributed by atoms with Crippen LogP contribution in [0.1, 0.15) is 12.8 Å². The van der Waals surface area contributed by atoms with Crippen molar-refractivity contribution < 1.29 is 4.79 Å². The standard InChI is InChI=1S/C15H19N5O/c1-20-10-17-19-15(20)12-3-2-4-13(7-12)18-14(21)9-16-8-11-5-6-11/h2-4,7,10-11,16H,5-6,8-9H2,1H3,(H,18,21). The quantitative estimate of drug-likeness (QED) is 0.842. The third-order valence-corrected chi connectivity index (χ3v) is 3.53. The van der Waals surface area contributed by atoms with Gasteiger partial charge in [-0.3, -0.25) is 4.79 Å². The maximum atomic E-state index is 11.9. The van der Waals surface area contributed by atoms with E-state index in [1.807, 2.05) is 35.9 Å². The molecule has 1 aliphatic carbocycles. The van der Waals surface area contributed by atoms with Gasteiger partial charge >= 0.3 is 0 Å². The molecule has 6 nitrogen and oxygen atoms in total. The summed E-state index contributed by atoms with van der Waals surface area (Å²) < 4.78 is 1.85. The van der Waals surface area contributed by atoms with E-state index in [0.29, 0.717) is 6.54 Å². The van der Waals surface area contributed by atoms with Gasteiger partial charge in [-0.1, -0.05) is 12.1 Å². The van der Waals surface area contributed by atoms with E-state index in [-0.39, 0.29) is 5.91 Å². The molecule has 1 heterocycles. The van der Waals surface area contributed by atoms with E-state index in [9.17, 15) is 4.79 Å². The van der Waals surface area contributed by atoms with E-state index in [1.165, 1.54) is 12.8 Å². The first-order valence-corrected chi connectivity index (χ1v) is 7.17. The van der Waals surface area contributed by atoms with Crippen molar-refractivity contribution in [2.45, 2.75) is 12.8 Å². The Bertz CT molecular complexity index is 632. The molecular weight excluding hydrogens is 266 g/mol. The highest BCUT2D eigenvalue weighted by molar-refractivity contribution is 5.92. The number of aromatic nitrogens is 3. The summed E-state index contributed by atoms with van der Waals surface area (Å²) in [5.74, 6) is 1.53. The molecule has 3 rings (SSSR count). The van der Waals surface area contributed by atoms with E-state index in [2.05, 4.69) is 20.8 Å². The fourth-order valence-corrected chi connectivity index (χ4v) is 2.20. The predicted molar refractivity (Wildman–Crippen MR) is 80.7 cm³/mol. The van der Waals surface area contributed by atoms with Crippen molar-refractivity contribution in [3.8, 4) is 11.4 Å². The van der Waals surface area contributed by atoms with Crippen molar-refractivity contribution in [1.29, 1.82) is 0 Å². The van der Waals surface area contributed by atoms with Crippen LogP contribution in [-0.2, 0) is 11.8 Å². The number of benzene rings is 1. The molecule has 2 aromatic rings. The summed E-state index contributed by atoms with van der Waals surface area (Å²) in [6.07, 6.45) is 4.23. The third-order valence-electron chi connectivity index (χ3n) is 3.53. The number of carbonyl (C=O) groups excluding carboxylic acids is 1. The Kier molecular flexibility index (Phi) is 3.96. The Morgan fingerprint density at radius 1 is 1.43 bits per heavy atom. The normalized spacial score (nSPS) is 14.1. The average Bonchev–Trinajstić information content (AvgIpc) is 3.19. The average molecular weight is 285 g/mol. The lowest BCUT2D eigenvalue weighted by Crippen LogP contribution is -2.29. The number of carbonyl (C=O) groups is 1. The van der Waals surface area contributed by atoms with Crippen LogP contribution in [0, 0.1) is 5.92 Å². The number of hydrogen-bond donors (Lipinski definition) is 2. The van der Waals surface area contributed by atoms with Crippen molar-refractivity contribution >= 4 is 11.6 Å². The number of anilines is 1. The van der Waals surface area contributed by atoms with Crippen molar-refractivity contribution in [1.82, 2.24) is 20.1 Å². The summed E-state index contributed by atoms with van der Waals surface area (Å²) in [5, 5.41) is 14.0. The van der Waals surface area contributed by atoms with Crippen LogP contribution in [0.2, 0.25) is 0 Å². The van der Waals surface area contributed by atoms with Gasteiger partial charge in [-0.15, -0.1) is 10.2 Å². The first-order chi connectivity index (χ1) is 10.2. The number of rotatable bonds is 6. The SMILES string of the molecule is Cn1cnnc1-c1cccc(NC(=O)CNCC2CC2)c1. The first kappa shape index (κ1) is 13.8. The minimum absolute atomic E-state index is 0.0224. The summed E-state index contributed by atoms with van der Waals surface area (Å²) >= 11 is 0. The van der Waals surface area contributed by atoms with Gasteiger partial charge in [0.25, 0.3) is 0 Å². The highest BCUT2D eigenvalue weighted by Crippen LogP contribution is 2.27. The molecule has 0 saturated heterocycles. The van der Waals surface area contributed by atoms with Gasteiger partial charge in [0.1, 0.15) is 6.33 Å². The predicted octanol–water partition coefficient (Wildman–Crippen LogP) is 1.42. The fourth-order valence-electron chi connectivity index (χ4n) is 2.20. The van der Waals surface area contributed by atoms with Crippen LogP contribution < -0.4 is 10.6 Å². The summed E-state index contributed by atoms with van der Waals surface area (Å²) in [7, 11) is 1.89. The van der Waals surface area contributed by atoms with Crippen LogP contribution in [0.15, 0.2) is 30.6 Å². The fraction of sp³-hybridized carbons (Fsp3) is 0.400. The van der Waals surface area contributed by atoms with Gasteiger partial charge < -0.3 is 15.2 Å². The second-order valence-electron chi connectivity index (χ2n) is 5.47. The molecule has 6 heteroatoms. The van der Waals surface area contributed by atoms with Crippen molar-refractivity contribution in [3.05, 3.63) is 30.6 Å². The molecule has 0 atom stereocenters. The Morgan fingerprint density at radius 3 is 3.00 bits per heavy atom. The van der Waals surface area contributed by atoms with Gasteiger partial charge in [0, 0.05) is 18.3 Å². The molecule has 21 heavy (non-hydrogen) atoms. The van der Waals surface area contributed by atoms with E-state index in [4.69, 9.17) is 0 Å². The monoisotopic (exact) mass is 285 g/mol. The molecular formula is C15H19N5O. The van der Waals surface area contributed by atoms with Gasteiger partial charge in [0.05, 0.1) is 6.54 Å². The van der Waals surface area contributed by atoms with Crippen LogP contribution in [0.5, 0.6) is 0 Å². The highest BCUT2D eigenvalue weighted by atomic mass is 16.1. The third kappa shape index (κ3) is 3.66. The van der Waals surface area contributed by atoms with E-state index < -0.39 is 0 Å². The molecule has 110 valence electrons. The van der Waals surface area contributed by atoms with Crippen LogP contribution in [0.4, 0.5) is 5.69 Å². The van der Waals surface area contributed by atoms with Gasteiger partial charge in [-0.25, -0.2) is 0 Å². The molecule has 1 amide bonds. The largest absolute Gasteiger partial charge is 0.325 e. The maximum Gasteiger partial charge on any atom is 0.238 e. The van der Waals surface area contributed by atoms with E-state index >= 15 is 0 Å². The first-order valence-electron chi connectivity index (χ1n) is 7.17. The van der Waals surface area contributed by atoms with Gasteiger partial charge in [-0.2, -0.15) is 0 Å². The van der Waals surface area contributed by atoms with Gasteiger partial charge in [0.15, 0.2) is 5.82 Å². The summed E-state index contributed by atoms with van der Waals surface area (Å²) in [6, 6.07) is 7.63. The summed E-state index contributed by atoms with van der Waals surface area (Å²) in [4.78, 5) is 11.9. The van der Waals surface area contributed by atoms with Gasteiger partial charge in [0.2, 0.25) is 5.91 Å². The molecule has 1 saturated carbocycles. The van der Waals surface area contributed by atoms with Crippen LogP contribution in [0.25, 0.3) is 11.4 Å². The van der Waals surface area contributed by atoms with Crippen LogP contribution in [-0.4, -0.2) is 33.8 Å². The zero-order chi connectivity index (χ0) is 14.7. The molecule has 0 aliphatic heterocycles. The second-order valence-corrected chi connectivity index (χ2v) is 5.47. The smallest absolute Gasteiger partial charge is 0.238 e. The van der Waals surface area contributed by atoms with Crippen LogP contribution in [0.3, 0.4) is 0 Å². The lowest BCUT2D eigenvalue weighted by molar-refractivity contribution is -0.115. The zero-order valence-electron chi connectivity index (χ0n) is 12.0. The Morgan fingerprint density at radius 2 is 2.29 bits per heavy atom. The van der Waals surface area contributed by atoms with Crippen LogP contribution >= 0.6 is 0 Å². The Balaban J connectivity index is 1.60. The molecule has 0 unspecified atom stereocenters. The van der Waals surface area contributed by atoms with Crippen molar-refractivity contribution in [2.24, 2.45) is 13.0 Å². The highest BCUT2D eigenvalue weighted by Gasteiger charge is 2.20. The minimum Gasteiger partial charge on any atom is -0.325 e. The van der Waals surface area contributed by atoms with E-state index in [1.54, 1.807) is 6.33 Å². The molecule has 1 fully saturated rings. The molecule has 1 aliphatic rings. The molecule has 1 aromatic heterocycles. The molecule has 2 N–H and O–H groups in total. The number of amides is 1. The zero-order valence-corrected chi connectivity index (χ0v) is 12.0. The van der Waals surface area contributed by atoms with Gasteiger partial charge in [-0.05, 0) is 37.4 Å². The minimum atomic E-state index is -0.0224. The summed E-state index contributed by atoms with van der Waals surface area (Å²) in [5.41, 5.74) is 1.70. The maximum absolute atomic E-state index is 11.9. The summed E-state index contributed by atoms with van der Waals surface area (Å²) in [6.45, 7) is 1.29. The number of nitrogens with one attached hydrogen (secondary N) is 2. The van der Waals surface area contributed by atoms with Crippen molar-refractivity contribution in [3.63, 3.8) is 0 Å². The second kappa shape index (κ2) is 6.05. The Hall–Kier alpha value is -2.21. The number of hydrogen-bond acceptors (Lipinski definition) is 4. The molecule has 0 radical (unpaired) electrons. The molecule has 0 bridgehead atoms. The van der Waals surface area contributed by atoms with Crippen molar-refractivity contribution in [2.75, 3.05) is 18.4 Å². The lowest BCUT2D eigenvalue weighted by Gasteiger charge is -2.08. The molecule has 0 spiro atoms. The van der Waals surface area contributed by atoms with E-state index in [0.717, 1.165) is 29.5 Å².